The Morgan fingerprint density at radius 3 is 2.83 bits per heavy atom. The number of aldehydes is 1. The molecule has 6 heteroatoms. The topological polar surface area (TPSA) is 69.9 Å². The third kappa shape index (κ3) is 2.64. The molecule has 3 heterocycles. The summed E-state index contributed by atoms with van der Waals surface area (Å²) in [4.78, 5) is 20.7. The highest BCUT2D eigenvalue weighted by atomic mass is 16.5. The van der Waals surface area contributed by atoms with E-state index in [1.54, 1.807) is 12.3 Å². The number of fused-ring (bicyclic) bond motifs is 1. The lowest BCUT2D eigenvalue weighted by Crippen LogP contribution is -2.05. The van der Waals surface area contributed by atoms with Crippen molar-refractivity contribution >= 4 is 17.3 Å². The molecule has 0 unspecified atom stereocenters. The van der Waals surface area contributed by atoms with Gasteiger partial charge in [-0.3, -0.25) is 9.48 Å². The fourth-order valence-corrected chi connectivity index (χ4v) is 2.75. The van der Waals surface area contributed by atoms with Crippen molar-refractivity contribution in [3.63, 3.8) is 0 Å². The van der Waals surface area contributed by atoms with Crippen molar-refractivity contribution in [3.8, 4) is 17.1 Å². The summed E-state index contributed by atoms with van der Waals surface area (Å²) in [7, 11) is 0. The van der Waals surface area contributed by atoms with Crippen LogP contribution in [0.4, 0.5) is 0 Å². The largest absolute Gasteiger partial charge is 0.477 e. The van der Waals surface area contributed by atoms with Crippen molar-refractivity contribution in [2.24, 2.45) is 0 Å². The van der Waals surface area contributed by atoms with E-state index >= 15 is 0 Å². The minimum Gasteiger partial charge on any atom is -0.477 e. The first-order valence-electron chi connectivity index (χ1n) is 8.00. The summed E-state index contributed by atoms with van der Waals surface area (Å²) in [5.41, 5.74) is 4.28. The number of aromatic nitrogens is 4. The number of hydrogen-bond acceptors (Lipinski definition) is 5. The van der Waals surface area contributed by atoms with Crippen molar-refractivity contribution in [1.29, 1.82) is 0 Å². The van der Waals surface area contributed by atoms with Crippen molar-refractivity contribution < 1.29 is 9.53 Å². The van der Waals surface area contributed by atoms with E-state index < -0.39 is 0 Å². The first-order chi connectivity index (χ1) is 11.6. The highest BCUT2D eigenvalue weighted by molar-refractivity contribution is 5.97. The smallest absolute Gasteiger partial charge is 0.222 e. The third-order valence-electron chi connectivity index (χ3n) is 3.80. The van der Waals surface area contributed by atoms with Crippen LogP contribution in [0.3, 0.4) is 0 Å². The first-order valence-corrected chi connectivity index (χ1v) is 8.00. The van der Waals surface area contributed by atoms with Gasteiger partial charge in [-0.05, 0) is 45.9 Å². The number of carbonyl (C=O) groups excluding carboxylic acids is 1. The molecule has 0 N–H and O–H groups in total. The van der Waals surface area contributed by atoms with Crippen LogP contribution in [0.5, 0.6) is 5.88 Å². The van der Waals surface area contributed by atoms with Crippen LogP contribution < -0.4 is 4.74 Å². The van der Waals surface area contributed by atoms with Gasteiger partial charge in [0.2, 0.25) is 5.88 Å². The average molecular weight is 324 g/mol. The number of hydrogen-bond donors (Lipinski definition) is 0. The van der Waals surface area contributed by atoms with Gasteiger partial charge in [0.25, 0.3) is 0 Å². The van der Waals surface area contributed by atoms with Crippen molar-refractivity contribution in [3.05, 3.63) is 35.7 Å². The Labute approximate surface area is 140 Å². The predicted molar refractivity (Wildman–Crippen MR) is 92.4 cm³/mol. The van der Waals surface area contributed by atoms with Crippen molar-refractivity contribution in [2.75, 3.05) is 6.61 Å². The molecule has 124 valence electrons. The van der Waals surface area contributed by atoms with E-state index in [4.69, 9.17) is 9.72 Å². The molecule has 3 rings (SSSR count). The van der Waals surface area contributed by atoms with Crippen LogP contribution in [-0.2, 0) is 0 Å². The van der Waals surface area contributed by atoms with E-state index in [2.05, 4.69) is 10.1 Å². The summed E-state index contributed by atoms with van der Waals surface area (Å²) in [5.74, 6) is 0.512. The number of ether oxygens (including phenoxy) is 1. The van der Waals surface area contributed by atoms with Gasteiger partial charge in [0, 0.05) is 17.8 Å². The first kappa shape index (κ1) is 16.1. The summed E-state index contributed by atoms with van der Waals surface area (Å²) >= 11 is 0. The van der Waals surface area contributed by atoms with Crippen LogP contribution in [0.15, 0.2) is 24.4 Å². The molecule has 0 aliphatic rings. The van der Waals surface area contributed by atoms with Gasteiger partial charge in [0.15, 0.2) is 6.29 Å². The quantitative estimate of drug-likeness (QED) is 0.671. The third-order valence-corrected chi connectivity index (χ3v) is 3.80. The van der Waals surface area contributed by atoms with Gasteiger partial charge in [0.1, 0.15) is 5.52 Å². The van der Waals surface area contributed by atoms with Gasteiger partial charge in [-0.1, -0.05) is 0 Å². The van der Waals surface area contributed by atoms with Gasteiger partial charge >= 0.3 is 0 Å². The lowest BCUT2D eigenvalue weighted by atomic mass is 10.1. The van der Waals surface area contributed by atoms with Crippen LogP contribution in [0.25, 0.3) is 22.3 Å². The monoisotopic (exact) mass is 324 g/mol. The molecule has 0 radical (unpaired) electrons. The van der Waals surface area contributed by atoms with E-state index in [9.17, 15) is 4.79 Å². The Balaban J connectivity index is 2.29. The second kappa shape index (κ2) is 6.39. The average Bonchev–Trinajstić information content (AvgIpc) is 2.92. The van der Waals surface area contributed by atoms with E-state index in [-0.39, 0.29) is 6.04 Å². The fraction of sp³-hybridized carbons (Fsp3) is 0.333. The Kier molecular flexibility index (Phi) is 4.29. The molecule has 3 aromatic rings. The zero-order valence-electron chi connectivity index (χ0n) is 14.3. The zero-order chi connectivity index (χ0) is 17.3. The number of aryl methyl sites for hydroxylation is 1. The maximum Gasteiger partial charge on any atom is 0.222 e. The maximum absolute atomic E-state index is 11.7. The lowest BCUT2D eigenvalue weighted by Gasteiger charge is -2.11. The number of nitrogens with zero attached hydrogens (tertiary/aromatic N) is 4. The normalized spacial score (nSPS) is 11.2. The molecule has 0 atom stereocenters. The fourth-order valence-electron chi connectivity index (χ4n) is 2.75. The number of pyridine rings is 2. The molecule has 0 aliphatic carbocycles. The van der Waals surface area contributed by atoms with Crippen LogP contribution in [0.2, 0.25) is 0 Å². The van der Waals surface area contributed by atoms with E-state index in [0.717, 1.165) is 28.6 Å². The van der Waals surface area contributed by atoms with Crippen LogP contribution in [0, 0.1) is 6.92 Å². The van der Waals surface area contributed by atoms with Gasteiger partial charge in [0.05, 0.1) is 29.1 Å². The molecule has 3 aromatic heterocycles. The van der Waals surface area contributed by atoms with E-state index in [1.807, 2.05) is 44.5 Å². The predicted octanol–water partition coefficient (Wildman–Crippen LogP) is 3.59. The molecular formula is C18H20N4O2. The SMILES string of the molecule is CCOc1ncccc1-c1cc(C=O)c2c(n1)c(C)nn2C(C)C. The van der Waals surface area contributed by atoms with Crippen LogP contribution in [0.1, 0.15) is 42.9 Å². The molecule has 0 aliphatic heterocycles. The molecule has 0 aromatic carbocycles. The van der Waals surface area contributed by atoms with E-state index in [0.29, 0.717) is 23.7 Å². The number of rotatable bonds is 5. The Morgan fingerprint density at radius 2 is 2.17 bits per heavy atom. The summed E-state index contributed by atoms with van der Waals surface area (Å²) in [6.45, 7) is 8.38. The van der Waals surface area contributed by atoms with Gasteiger partial charge in [-0.2, -0.15) is 5.10 Å². The highest BCUT2D eigenvalue weighted by Crippen LogP contribution is 2.31. The number of carbonyl (C=O) groups is 1. The molecule has 0 fully saturated rings. The van der Waals surface area contributed by atoms with Gasteiger partial charge in [-0.25, -0.2) is 9.97 Å². The molecule has 0 amide bonds. The molecule has 24 heavy (non-hydrogen) atoms. The second-order valence-corrected chi connectivity index (χ2v) is 5.82. The van der Waals surface area contributed by atoms with Gasteiger partial charge < -0.3 is 4.74 Å². The molecule has 0 spiro atoms. The molecule has 6 nitrogen and oxygen atoms in total. The Hall–Kier alpha value is -2.76. The Bertz CT molecular complexity index is 899. The Morgan fingerprint density at radius 1 is 1.38 bits per heavy atom. The molecule has 0 saturated heterocycles. The van der Waals surface area contributed by atoms with Gasteiger partial charge in [-0.15, -0.1) is 0 Å². The second-order valence-electron chi connectivity index (χ2n) is 5.82. The summed E-state index contributed by atoms with van der Waals surface area (Å²) in [6, 6.07) is 5.64. The maximum atomic E-state index is 11.7. The van der Waals surface area contributed by atoms with Crippen molar-refractivity contribution in [1.82, 2.24) is 19.7 Å². The van der Waals surface area contributed by atoms with Crippen LogP contribution >= 0.6 is 0 Å². The minimum atomic E-state index is 0.143. The summed E-state index contributed by atoms with van der Waals surface area (Å²) in [6.07, 6.45) is 2.53. The molecule has 0 saturated carbocycles. The summed E-state index contributed by atoms with van der Waals surface area (Å²) < 4.78 is 7.44. The molecule has 0 bridgehead atoms. The standard InChI is InChI=1S/C18H20N4O2/c1-5-24-18-14(7-6-8-19-18)15-9-13(10-23)17-16(20-15)12(4)21-22(17)11(2)3/h6-11H,5H2,1-4H3. The van der Waals surface area contributed by atoms with Crippen LogP contribution in [-0.4, -0.2) is 32.6 Å². The zero-order valence-corrected chi connectivity index (χ0v) is 14.3. The molecular weight excluding hydrogens is 304 g/mol. The van der Waals surface area contributed by atoms with Crippen molar-refractivity contribution in [2.45, 2.75) is 33.7 Å². The lowest BCUT2D eigenvalue weighted by molar-refractivity contribution is 0.112. The minimum absolute atomic E-state index is 0.143. The summed E-state index contributed by atoms with van der Waals surface area (Å²) in [5, 5.41) is 4.54. The highest BCUT2D eigenvalue weighted by Gasteiger charge is 2.18. The van der Waals surface area contributed by atoms with E-state index in [1.165, 1.54) is 0 Å².